The molecule has 1 aromatic heterocycles. The predicted molar refractivity (Wildman–Crippen MR) is 80.8 cm³/mol. The average Bonchev–Trinajstić information content (AvgIpc) is 2.81. The number of ether oxygens (including phenoxy) is 1. The largest absolute Gasteiger partial charge is 0.462 e. The van der Waals surface area contributed by atoms with Gasteiger partial charge in [0.2, 0.25) is 0 Å². The minimum Gasteiger partial charge on any atom is -0.462 e. The van der Waals surface area contributed by atoms with Crippen molar-refractivity contribution in [2.75, 3.05) is 19.7 Å². The van der Waals surface area contributed by atoms with Gasteiger partial charge in [0.15, 0.2) is 0 Å². The maximum atomic E-state index is 12.0. The fourth-order valence-electron chi connectivity index (χ4n) is 2.91. The summed E-state index contributed by atoms with van der Waals surface area (Å²) in [4.78, 5) is 14.3. The molecule has 6 heteroatoms. The molecule has 118 valence electrons. The molecule has 1 saturated heterocycles. The first-order valence-electron chi connectivity index (χ1n) is 7.68. The molecule has 21 heavy (non-hydrogen) atoms. The van der Waals surface area contributed by atoms with Crippen LogP contribution in [0.1, 0.15) is 42.7 Å². The highest BCUT2D eigenvalue weighted by molar-refractivity contribution is 5.90. The smallest absolute Gasteiger partial charge is 0.341 e. The number of hydrogen-bond acceptors (Lipinski definition) is 5. The number of hydrogen-bond donors (Lipinski definition) is 1. The van der Waals surface area contributed by atoms with Crippen LogP contribution in [-0.2, 0) is 18.3 Å². The second-order valence-electron chi connectivity index (χ2n) is 5.85. The SMILES string of the molecule is CCOC(=O)c1cnn(C)c1CN1CCCC(C(C)N)C1. The second kappa shape index (κ2) is 7.04. The molecule has 1 aromatic rings. The Kier molecular flexibility index (Phi) is 5.36. The molecular formula is C15H26N4O2. The van der Waals surface area contributed by atoms with E-state index in [0.29, 0.717) is 24.6 Å². The molecule has 1 aliphatic heterocycles. The number of piperidine rings is 1. The van der Waals surface area contributed by atoms with Gasteiger partial charge < -0.3 is 10.5 Å². The second-order valence-corrected chi connectivity index (χ2v) is 5.85. The molecule has 0 bridgehead atoms. The van der Waals surface area contributed by atoms with Gasteiger partial charge in [-0.15, -0.1) is 0 Å². The van der Waals surface area contributed by atoms with Gasteiger partial charge in [0.25, 0.3) is 0 Å². The van der Waals surface area contributed by atoms with E-state index in [1.165, 1.54) is 6.42 Å². The normalized spacial score (nSPS) is 21.2. The summed E-state index contributed by atoms with van der Waals surface area (Å²) in [7, 11) is 1.87. The summed E-state index contributed by atoms with van der Waals surface area (Å²) < 4.78 is 6.87. The lowest BCUT2D eigenvalue weighted by atomic mass is 9.92. The molecule has 1 fully saturated rings. The van der Waals surface area contributed by atoms with Crippen LogP contribution in [0.3, 0.4) is 0 Å². The Hall–Kier alpha value is -1.40. The van der Waals surface area contributed by atoms with Crippen LogP contribution >= 0.6 is 0 Å². The van der Waals surface area contributed by atoms with Gasteiger partial charge in [-0.05, 0) is 39.2 Å². The van der Waals surface area contributed by atoms with E-state index >= 15 is 0 Å². The lowest BCUT2D eigenvalue weighted by molar-refractivity contribution is 0.0522. The molecule has 0 aliphatic carbocycles. The van der Waals surface area contributed by atoms with E-state index in [0.717, 1.165) is 25.2 Å². The van der Waals surface area contributed by atoms with Crippen molar-refractivity contribution in [2.45, 2.75) is 39.3 Å². The van der Waals surface area contributed by atoms with Crippen LogP contribution in [-0.4, -0.2) is 46.4 Å². The van der Waals surface area contributed by atoms with Crippen LogP contribution in [0.2, 0.25) is 0 Å². The summed E-state index contributed by atoms with van der Waals surface area (Å²) in [5.41, 5.74) is 7.52. The molecule has 0 radical (unpaired) electrons. The molecule has 0 aromatic carbocycles. The molecule has 2 N–H and O–H groups in total. The highest BCUT2D eigenvalue weighted by Crippen LogP contribution is 2.21. The van der Waals surface area contributed by atoms with E-state index in [-0.39, 0.29) is 12.0 Å². The highest BCUT2D eigenvalue weighted by Gasteiger charge is 2.25. The molecule has 2 unspecified atom stereocenters. The number of aromatic nitrogens is 2. The van der Waals surface area contributed by atoms with Crippen molar-refractivity contribution >= 4 is 5.97 Å². The van der Waals surface area contributed by atoms with E-state index in [1.54, 1.807) is 10.9 Å². The molecule has 6 nitrogen and oxygen atoms in total. The number of carbonyl (C=O) groups excluding carboxylic acids is 1. The number of likely N-dealkylation sites (tertiary alicyclic amines) is 1. The summed E-state index contributed by atoms with van der Waals surface area (Å²) in [6.45, 7) is 6.99. The fourth-order valence-corrected chi connectivity index (χ4v) is 2.91. The summed E-state index contributed by atoms with van der Waals surface area (Å²) >= 11 is 0. The minimum atomic E-state index is -0.290. The van der Waals surface area contributed by atoms with Crippen LogP contribution in [0.25, 0.3) is 0 Å². The molecule has 0 saturated carbocycles. The summed E-state index contributed by atoms with van der Waals surface area (Å²) in [6.07, 6.45) is 3.93. The van der Waals surface area contributed by atoms with E-state index in [2.05, 4.69) is 16.9 Å². The Morgan fingerprint density at radius 2 is 2.38 bits per heavy atom. The molecule has 2 rings (SSSR count). The van der Waals surface area contributed by atoms with Crippen LogP contribution in [0.4, 0.5) is 0 Å². The number of nitrogens with two attached hydrogens (primary N) is 1. The molecular weight excluding hydrogens is 268 g/mol. The summed E-state index contributed by atoms with van der Waals surface area (Å²) in [5.74, 6) is 0.236. The van der Waals surface area contributed by atoms with E-state index in [9.17, 15) is 4.79 Å². The fraction of sp³-hybridized carbons (Fsp3) is 0.733. The van der Waals surface area contributed by atoms with Crippen molar-refractivity contribution in [1.82, 2.24) is 14.7 Å². The van der Waals surface area contributed by atoms with Crippen LogP contribution in [0, 0.1) is 5.92 Å². The Balaban J connectivity index is 2.08. The first-order chi connectivity index (χ1) is 10.0. The summed E-state index contributed by atoms with van der Waals surface area (Å²) in [6, 6.07) is 0.212. The zero-order valence-corrected chi connectivity index (χ0v) is 13.2. The maximum Gasteiger partial charge on any atom is 0.341 e. The Morgan fingerprint density at radius 1 is 1.62 bits per heavy atom. The van der Waals surface area contributed by atoms with Gasteiger partial charge in [-0.2, -0.15) is 5.10 Å². The standard InChI is InChI=1S/C15H26N4O2/c1-4-21-15(20)13-8-17-18(3)14(13)10-19-7-5-6-12(9-19)11(2)16/h8,11-12H,4-7,9-10,16H2,1-3H3. The van der Waals surface area contributed by atoms with Crippen molar-refractivity contribution in [2.24, 2.45) is 18.7 Å². The van der Waals surface area contributed by atoms with Crippen LogP contribution < -0.4 is 5.73 Å². The highest BCUT2D eigenvalue weighted by atomic mass is 16.5. The lowest BCUT2D eigenvalue weighted by Gasteiger charge is -2.34. The Morgan fingerprint density at radius 3 is 3.05 bits per heavy atom. The Labute approximate surface area is 126 Å². The van der Waals surface area contributed by atoms with Gasteiger partial charge in [0.1, 0.15) is 5.56 Å². The molecule has 0 amide bonds. The van der Waals surface area contributed by atoms with Crippen molar-refractivity contribution in [1.29, 1.82) is 0 Å². The van der Waals surface area contributed by atoms with Crippen molar-refractivity contribution in [3.63, 3.8) is 0 Å². The van der Waals surface area contributed by atoms with Gasteiger partial charge in [-0.3, -0.25) is 9.58 Å². The van der Waals surface area contributed by atoms with E-state index < -0.39 is 0 Å². The van der Waals surface area contributed by atoms with E-state index in [4.69, 9.17) is 10.5 Å². The number of aryl methyl sites for hydroxylation is 1. The summed E-state index contributed by atoms with van der Waals surface area (Å²) in [5, 5.41) is 4.20. The van der Waals surface area contributed by atoms with Crippen molar-refractivity contribution in [3.8, 4) is 0 Å². The van der Waals surface area contributed by atoms with Gasteiger partial charge >= 0.3 is 5.97 Å². The number of esters is 1. The van der Waals surface area contributed by atoms with Gasteiger partial charge in [0, 0.05) is 26.2 Å². The average molecular weight is 294 g/mol. The molecule has 2 atom stereocenters. The minimum absolute atomic E-state index is 0.212. The number of nitrogens with zero attached hydrogens (tertiary/aromatic N) is 3. The third kappa shape index (κ3) is 3.83. The third-order valence-corrected chi connectivity index (χ3v) is 4.22. The lowest BCUT2D eigenvalue weighted by Crippen LogP contribution is -2.42. The number of carbonyl (C=O) groups is 1. The van der Waals surface area contributed by atoms with E-state index in [1.807, 2.05) is 14.0 Å². The van der Waals surface area contributed by atoms with Gasteiger partial charge in [-0.25, -0.2) is 4.79 Å². The van der Waals surface area contributed by atoms with Crippen LogP contribution in [0.5, 0.6) is 0 Å². The molecule has 2 heterocycles. The predicted octanol–water partition coefficient (Wildman–Crippen LogP) is 1.16. The molecule has 1 aliphatic rings. The van der Waals surface area contributed by atoms with Gasteiger partial charge in [0.05, 0.1) is 18.5 Å². The van der Waals surface area contributed by atoms with Crippen LogP contribution in [0.15, 0.2) is 6.20 Å². The number of rotatable bonds is 5. The maximum absolute atomic E-state index is 12.0. The zero-order chi connectivity index (χ0) is 15.4. The molecule has 0 spiro atoms. The van der Waals surface area contributed by atoms with Crippen molar-refractivity contribution in [3.05, 3.63) is 17.5 Å². The topological polar surface area (TPSA) is 73.4 Å². The van der Waals surface area contributed by atoms with Crippen molar-refractivity contribution < 1.29 is 9.53 Å². The van der Waals surface area contributed by atoms with Gasteiger partial charge in [-0.1, -0.05) is 0 Å². The zero-order valence-electron chi connectivity index (χ0n) is 13.2. The monoisotopic (exact) mass is 294 g/mol. The third-order valence-electron chi connectivity index (χ3n) is 4.22. The Bertz CT molecular complexity index is 484. The first kappa shape index (κ1) is 16.0. The first-order valence-corrected chi connectivity index (χ1v) is 7.68. The quantitative estimate of drug-likeness (QED) is 0.825.